The molecule has 0 radical (unpaired) electrons. The highest BCUT2D eigenvalue weighted by molar-refractivity contribution is 5.92. The second-order valence-corrected chi connectivity index (χ2v) is 6.95. The van der Waals surface area contributed by atoms with Gasteiger partial charge in [0.25, 0.3) is 5.91 Å². The van der Waals surface area contributed by atoms with Gasteiger partial charge in [-0.3, -0.25) is 9.59 Å². The molecule has 3 rings (SSSR count). The molecule has 0 spiro atoms. The van der Waals surface area contributed by atoms with Gasteiger partial charge in [-0.05, 0) is 33.1 Å². The highest BCUT2D eigenvalue weighted by atomic mass is 16.5. The van der Waals surface area contributed by atoms with Gasteiger partial charge < -0.3 is 19.1 Å². The maximum absolute atomic E-state index is 13.1. The van der Waals surface area contributed by atoms with E-state index in [4.69, 9.17) is 14.2 Å². The number of piperidine rings is 1. The van der Waals surface area contributed by atoms with Crippen LogP contribution in [0.3, 0.4) is 0 Å². The summed E-state index contributed by atoms with van der Waals surface area (Å²) in [5.41, 5.74) is -0.0169. The zero-order valence-electron chi connectivity index (χ0n) is 17.3. The van der Waals surface area contributed by atoms with Crippen LogP contribution in [0.15, 0.2) is 29.1 Å². The topological polar surface area (TPSA) is 82.9 Å². The number of hydrogen-bond acceptors (Lipinski definition) is 6. The first kappa shape index (κ1) is 20.7. The lowest BCUT2D eigenvalue weighted by Gasteiger charge is -2.33. The van der Waals surface area contributed by atoms with Crippen LogP contribution in [0.4, 0.5) is 0 Å². The van der Waals surface area contributed by atoms with Crippen molar-refractivity contribution in [2.75, 3.05) is 27.4 Å². The molecule has 1 amide bonds. The van der Waals surface area contributed by atoms with E-state index in [0.717, 1.165) is 19.3 Å². The van der Waals surface area contributed by atoms with Crippen molar-refractivity contribution in [1.29, 1.82) is 0 Å². The Morgan fingerprint density at radius 1 is 1.14 bits per heavy atom. The predicted molar refractivity (Wildman–Crippen MR) is 108 cm³/mol. The van der Waals surface area contributed by atoms with Gasteiger partial charge in [0.15, 0.2) is 5.69 Å². The molecule has 1 aliphatic rings. The molecule has 1 unspecified atom stereocenters. The first-order valence-corrected chi connectivity index (χ1v) is 9.80. The Morgan fingerprint density at radius 3 is 2.41 bits per heavy atom. The van der Waals surface area contributed by atoms with Gasteiger partial charge in [-0.2, -0.15) is 9.78 Å². The highest BCUT2D eigenvalue weighted by Gasteiger charge is 2.28. The van der Waals surface area contributed by atoms with Crippen molar-refractivity contribution in [3.05, 3.63) is 40.2 Å². The average Bonchev–Trinajstić information content (AvgIpc) is 2.73. The highest BCUT2D eigenvalue weighted by Crippen LogP contribution is 2.27. The molecule has 1 atom stereocenters. The van der Waals surface area contributed by atoms with Crippen LogP contribution in [0.5, 0.6) is 17.4 Å². The van der Waals surface area contributed by atoms with Gasteiger partial charge in [0, 0.05) is 30.8 Å². The van der Waals surface area contributed by atoms with E-state index in [1.54, 1.807) is 37.3 Å². The van der Waals surface area contributed by atoms with Crippen LogP contribution in [-0.2, 0) is 0 Å². The molecule has 1 aliphatic heterocycles. The van der Waals surface area contributed by atoms with Crippen molar-refractivity contribution in [1.82, 2.24) is 14.7 Å². The molecule has 1 aromatic heterocycles. The van der Waals surface area contributed by atoms with Crippen LogP contribution in [0.25, 0.3) is 5.69 Å². The van der Waals surface area contributed by atoms with Gasteiger partial charge >= 0.3 is 0 Å². The smallest absolute Gasteiger partial charge is 0.278 e. The number of aromatic nitrogens is 2. The molecule has 1 aromatic carbocycles. The normalized spacial score (nSPS) is 16.4. The summed E-state index contributed by atoms with van der Waals surface area (Å²) in [6.45, 7) is 4.78. The van der Waals surface area contributed by atoms with Crippen LogP contribution in [0, 0.1) is 0 Å². The minimum Gasteiger partial charge on any atom is -0.497 e. The third-order valence-electron chi connectivity index (χ3n) is 5.04. The number of nitrogens with zero attached hydrogens (tertiary/aromatic N) is 3. The summed E-state index contributed by atoms with van der Waals surface area (Å²) in [5.74, 6) is 1.00. The predicted octanol–water partition coefficient (Wildman–Crippen LogP) is 2.66. The van der Waals surface area contributed by atoms with Gasteiger partial charge in [0.2, 0.25) is 11.3 Å². The van der Waals surface area contributed by atoms with Gasteiger partial charge in [0.1, 0.15) is 11.5 Å². The molecule has 29 heavy (non-hydrogen) atoms. The lowest BCUT2D eigenvalue weighted by molar-refractivity contribution is 0.0625. The number of ether oxygens (including phenoxy) is 3. The second kappa shape index (κ2) is 8.98. The van der Waals surface area contributed by atoms with Crippen LogP contribution < -0.4 is 19.6 Å². The lowest BCUT2D eigenvalue weighted by Crippen LogP contribution is -2.44. The number of amides is 1. The SMILES string of the molecule is CCOc1cc(=O)c(C(=O)N2CCCCC2C)nn1-c1cc(OC)cc(OC)c1. The number of hydrogen-bond donors (Lipinski definition) is 0. The quantitative estimate of drug-likeness (QED) is 0.740. The summed E-state index contributed by atoms with van der Waals surface area (Å²) in [4.78, 5) is 27.5. The third kappa shape index (κ3) is 4.36. The number of carbonyl (C=O) groups is 1. The van der Waals surface area contributed by atoms with Gasteiger partial charge in [0.05, 0.1) is 32.6 Å². The monoisotopic (exact) mass is 401 g/mol. The number of likely N-dealkylation sites (tertiary alicyclic amines) is 1. The van der Waals surface area contributed by atoms with E-state index in [-0.39, 0.29) is 23.5 Å². The Morgan fingerprint density at radius 2 is 1.83 bits per heavy atom. The largest absolute Gasteiger partial charge is 0.497 e. The van der Waals surface area contributed by atoms with Crippen LogP contribution in [-0.4, -0.2) is 54.0 Å². The summed E-state index contributed by atoms with van der Waals surface area (Å²) >= 11 is 0. The first-order valence-electron chi connectivity index (χ1n) is 9.80. The van der Waals surface area contributed by atoms with Crippen molar-refractivity contribution in [2.24, 2.45) is 0 Å². The maximum Gasteiger partial charge on any atom is 0.278 e. The Balaban J connectivity index is 2.12. The average molecular weight is 401 g/mol. The fraction of sp³-hybridized carbons (Fsp3) is 0.476. The molecule has 1 fully saturated rings. The van der Waals surface area contributed by atoms with Crippen LogP contribution in [0.1, 0.15) is 43.6 Å². The van der Waals surface area contributed by atoms with Crippen molar-refractivity contribution < 1.29 is 19.0 Å². The van der Waals surface area contributed by atoms with Crippen molar-refractivity contribution in [3.8, 4) is 23.1 Å². The molecular formula is C21H27N3O5. The number of benzene rings is 1. The molecular weight excluding hydrogens is 374 g/mol. The number of rotatable bonds is 6. The Hall–Kier alpha value is -3.03. The van der Waals surface area contributed by atoms with Gasteiger partial charge in [-0.1, -0.05) is 0 Å². The molecule has 0 bridgehead atoms. The maximum atomic E-state index is 13.1. The van der Waals surface area contributed by atoms with E-state index >= 15 is 0 Å². The Kier molecular flexibility index (Phi) is 6.41. The van der Waals surface area contributed by atoms with Crippen LogP contribution in [0.2, 0.25) is 0 Å². The molecule has 1 saturated heterocycles. The van der Waals surface area contributed by atoms with E-state index in [0.29, 0.717) is 30.3 Å². The summed E-state index contributed by atoms with van der Waals surface area (Å²) in [6, 6.07) is 6.59. The minimum absolute atomic E-state index is 0.0781. The van der Waals surface area contributed by atoms with Crippen LogP contribution >= 0.6 is 0 Å². The first-order chi connectivity index (χ1) is 14.0. The van der Waals surface area contributed by atoms with E-state index in [2.05, 4.69) is 5.10 Å². The van der Waals surface area contributed by atoms with Crippen molar-refractivity contribution in [3.63, 3.8) is 0 Å². The summed E-state index contributed by atoms with van der Waals surface area (Å²) in [7, 11) is 3.10. The fourth-order valence-electron chi connectivity index (χ4n) is 3.47. The summed E-state index contributed by atoms with van der Waals surface area (Å²) < 4.78 is 17.7. The zero-order valence-corrected chi connectivity index (χ0v) is 17.3. The lowest BCUT2D eigenvalue weighted by atomic mass is 10.0. The van der Waals surface area contributed by atoms with E-state index in [1.807, 2.05) is 13.8 Å². The molecule has 156 valence electrons. The standard InChI is InChI=1S/C21H27N3O5/c1-5-29-19-13-18(25)20(21(26)23-9-7-6-8-14(23)2)22-24(19)15-10-16(27-3)12-17(11-15)28-4/h10-14H,5-9H2,1-4H3. The second-order valence-electron chi connectivity index (χ2n) is 6.95. The van der Waals surface area contributed by atoms with E-state index in [9.17, 15) is 9.59 Å². The Bertz CT molecular complexity index is 918. The van der Waals surface area contributed by atoms with Crippen molar-refractivity contribution >= 4 is 5.91 Å². The third-order valence-corrected chi connectivity index (χ3v) is 5.04. The summed E-state index contributed by atoms with van der Waals surface area (Å²) in [5, 5.41) is 4.40. The number of carbonyl (C=O) groups excluding carboxylic acids is 1. The molecule has 8 heteroatoms. The molecule has 2 aromatic rings. The molecule has 0 N–H and O–H groups in total. The molecule has 0 aliphatic carbocycles. The Labute approximate surface area is 170 Å². The molecule has 0 saturated carbocycles. The van der Waals surface area contributed by atoms with Gasteiger partial charge in [-0.25, -0.2) is 0 Å². The summed E-state index contributed by atoms with van der Waals surface area (Å²) in [6.07, 6.45) is 2.92. The minimum atomic E-state index is -0.456. The van der Waals surface area contributed by atoms with Gasteiger partial charge in [-0.15, -0.1) is 0 Å². The molecule has 2 heterocycles. The van der Waals surface area contributed by atoms with E-state index in [1.165, 1.54) is 10.7 Å². The number of methoxy groups -OCH3 is 2. The fourth-order valence-corrected chi connectivity index (χ4v) is 3.47. The van der Waals surface area contributed by atoms with E-state index < -0.39 is 5.43 Å². The van der Waals surface area contributed by atoms with Crippen molar-refractivity contribution in [2.45, 2.75) is 39.2 Å². The molecule has 8 nitrogen and oxygen atoms in total. The zero-order chi connectivity index (χ0) is 21.0.